The summed E-state index contributed by atoms with van der Waals surface area (Å²) in [6.45, 7) is 7.56. The summed E-state index contributed by atoms with van der Waals surface area (Å²) in [5, 5.41) is 11.8. The zero-order valence-corrected chi connectivity index (χ0v) is 12.3. The molecule has 0 spiro atoms. The SMILES string of the molecule is CCOc1cccc(NC(=O)C(C(=O)O)C(C)(C)C)c1. The molecule has 0 saturated carbocycles. The van der Waals surface area contributed by atoms with E-state index in [2.05, 4.69) is 5.32 Å². The zero-order chi connectivity index (χ0) is 15.3. The largest absolute Gasteiger partial charge is 0.494 e. The van der Waals surface area contributed by atoms with Gasteiger partial charge in [0.25, 0.3) is 0 Å². The number of carboxylic acids is 1. The number of anilines is 1. The van der Waals surface area contributed by atoms with Crippen molar-refractivity contribution in [1.29, 1.82) is 0 Å². The molecule has 5 nitrogen and oxygen atoms in total. The molecule has 5 heteroatoms. The Kier molecular flexibility index (Phi) is 5.13. The number of aliphatic carboxylic acids is 1. The molecule has 20 heavy (non-hydrogen) atoms. The number of benzene rings is 1. The minimum Gasteiger partial charge on any atom is -0.494 e. The number of carbonyl (C=O) groups excluding carboxylic acids is 1. The summed E-state index contributed by atoms with van der Waals surface area (Å²) in [5.74, 6) is -2.14. The molecule has 2 N–H and O–H groups in total. The highest BCUT2D eigenvalue weighted by atomic mass is 16.5. The summed E-state index contributed by atoms with van der Waals surface area (Å²) in [6.07, 6.45) is 0. The van der Waals surface area contributed by atoms with Crippen LogP contribution in [-0.4, -0.2) is 23.6 Å². The molecule has 0 saturated heterocycles. The Balaban J connectivity index is 2.88. The normalized spacial score (nSPS) is 12.6. The smallest absolute Gasteiger partial charge is 0.316 e. The minimum absolute atomic E-state index is 0.524. The van der Waals surface area contributed by atoms with E-state index in [1.807, 2.05) is 6.92 Å². The van der Waals surface area contributed by atoms with Crippen molar-refractivity contribution >= 4 is 17.6 Å². The Morgan fingerprint density at radius 1 is 1.35 bits per heavy atom. The number of carbonyl (C=O) groups is 2. The monoisotopic (exact) mass is 279 g/mol. The number of amides is 1. The average molecular weight is 279 g/mol. The van der Waals surface area contributed by atoms with Crippen molar-refractivity contribution < 1.29 is 19.4 Å². The van der Waals surface area contributed by atoms with Crippen molar-refractivity contribution in [2.24, 2.45) is 11.3 Å². The van der Waals surface area contributed by atoms with E-state index in [1.165, 1.54) is 0 Å². The maximum atomic E-state index is 12.1. The molecular weight excluding hydrogens is 258 g/mol. The molecular formula is C15H21NO4. The molecule has 1 amide bonds. The molecule has 1 aromatic rings. The van der Waals surface area contributed by atoms with E-state index in [0.29, 0.717) is 18.0 Å². The molecule has 0 aliphatic carbocycles. The first-order chi connectivity index (χ1) is 9.25. The lowest BCUT2D eigenvalue weighted by molar-refractivity contribution is -0.149. The second-order valence-electron chi connectivity index (χ2n) is 5.59. The number of hydrogen-bond acceptors (Lipinski definition) is 3. The van der Waals surface area contributed by atoms with E-state index in [4.69, 9.17) is 4.74 Å². The molecule has 0 bridgehead atoms. The highest BCUT2D eigenvalue weighted by Gasteiger charge is 2.37. The standard InChI is InChI=1S/C15H21NO4/c1-5-20-11-8-6-7-10(9-11)16-13(17)12(14(18)19)15(2,3)4/h6-9,12H,5H2,1-4H3,(H,16,17)(H,18,19). The molecule has 1 rings (SSSR count). The first-order valence-corrected chi connectivity index (χ1v) is 6.52. The number of nitrogens with one attached hydrogen (secondary N) is 1. The molecule has 1 unspecified atom stereocenters. The minimum atomic E-state index is -1.13. The van der Waals surface area contributed by atoms with E-state index < -0.39 is 23.2 Å². The Hall–Kier alpha value is -2.04. The van der Waals surface area contributed by atoms with Gasteiger partial charge in [0.2, 0.25) is 5.91 Å². The number of carboxylic acid groups (broad SMARTS) is 1. The van der Waals surface area contributed by atoms with Crippen LogP contribution in [0.15, 0.2) is 24.3 Å². The maximum Gasteiger partial charge on any atom is 0.316 e. The highest BCUT2D eigenvalue weighted by Crippen LogP contribution is 2.28. The van der Waals surface area contributed by atoms with Gasteiger partial charge in [-0.25, -0.2) is 0 Å². The predicted molar refractivity (Wildman–Crippen MR) is 76.8 cm³/mol. The van der Waals surface area contributed by atoms with Crippen LogP contribution in [0.4, 0.5) is 5.69 Å². The van der Waals surface area contributed by atoms with Crippen LogP contribution in [0.25, 0.3) is 0 Å². The summed E-state index contributed by atoms with van der Waals surface area (Å²) in [4.78, 5) is 23.4. The van der Waals surface area contributed by atoms with Gasteiger partial charge in [-0.2, -0.15) is 0 Å². The van der Waals surface area contributed by atoms with Gasteiger partial charge in [-0.1, -0.05) is 26.8 Å². The molecule has 110 valence electrons. The van der Waals surface area contributed by atoms with Crippen molar-refractivity contribution in [3.63, 3.8) is 0 Å². The zero-order valence-electron chi connectivity index (χ0n) is 12.3. The Morgan fingerprint density at radius 2 is 2.00 bits per heavy atom. The van der Waals surface area contributed by atoms with Gasteiger partial charge in [0, 0.05) is 11.8 Å². The quantitative estimate of drug-likeness (QED) is 0.813. The fourth-order valence-corrected chi connectivity index (χ4v) is 1.92. The molecule has 0 aromatic heterocycles. The average Bonchev–Trinajstić information content (AvgIpc) is 2.26. The van der Waals surface area contributed by atoms with Crippen LogP contribution in [0, 0.1) is 11.3 Å². The van der Waals surface area contributed by atoms with Gasteiger partial charge in [0.1, 0.15) is 11.7 Å². The maximum absolute atomic E-state index is 12.1. The van der Waals surface area contributed by atoms with E-state index in [1.54, 1.807) is 45.0 Å². The van der Waals surface area contributed by atoms with Crippen LogP contribution in [0.3, 0.4) is 0 Å². The highest BCUT2D eigenvalue weighted by molar-refractivity contribution is 6.04. The van der Waals surface area contributed by atoms with Gasteiger partial charge in [-0.15, -0.1) is 0 Å². The second-order valence-corrected chi connectivity index (χ2v) is 5.59. The third-order valence-electron chi connectivity index (χ3n) is 2.79. The predicted octanol–water partition coefficient (Wildman–Crippen LogP) is 2.77. The van der Waals surface area contributed by atoms with Crippen LogP contribution >= 0.6 is 0 Å². The summed E-state index contributed by atoms with van der Waals surface area (Å²) in [5.41, 5.74) is -0.135. The van der Waals surface area contributed by atoms with E-state index in [9.17, 15) is 14.7 Å². The molecule has 0 aliphatic rings. The third-order valence-corrected chi connectivity index (χ3v) is 2.79. The Morgan fingerprint density at radius 3 is 2.50 bits per heavy atom. The van der Waals surface area contributed by atoms with Crippen molar-refractivity contribution in [2.45, 2.75) is 27.7 Å². The van der Waals surface area contributed by atoms with Crippen LogP contribution in [0.1, 0.15) is 27.7 Å². The lowest BCUT2D eigenvalue weighted by Gasteiger charge is -2.25. The van der Waals surface area contributed by atoms with Crippen LogP contribution in [-0.2, 0) is 9.59 Å². The van der Waals surface area contributed by atoms with Gasteiger partial charge in [0.15, 0.2) is 0 Å². The number of hydrogen-bond donors (Lipinski definition) is 2. The Labute approximate surface area is 118 Å². The first kappa shape index (κ1) is 16.0. The van der Waals surface area contributed by atoms with Gasteiger partial charge in [0.05, 0.1) is 6.61 Å². The topological polar surface area (TPSA) is 75.6 Å². The summed E-state index contributed by atoms with van der Waals surface area (Å²) >= 11 is 0. The van der Waals surface area contributed by atoms with Crippen molar-refractivity contribution in [1.82, 2.24) is 0 Å². The van der Waals surface area contributed by atoms with Gasteiger partial charge in [-0.3, -0.25) is 9.59 Å². The van der Waals surface area contributed by atoms with Crippen LogP contribution < -0.4 is 10.1 Å². The molecule has 0 aliphatic heterocycles. The van der Waals surface area contributed by atoms with E-state index >= 15 is 0 Å². The van der Waals surface area contributed by atoms with E-state index in [-0.39, 0.29) is 0 Å². The lowest BCUT2D eigenvalue weighted by atomic mass is 9.80. The fourth-order valence-electron chi connectivity index (χ4n) is 1.92. The number of ether oxygens (including phenoxy) is 1. The lowest BCUT2D eigenvalue weighted by Crippen LogP contribution is -2.39. The summed E-state index contributed by atoms with van der Waals surface area (Å²) in [7, 11) is 0. The molecule has 0 radical (unpaired) electrons. The number of rotatable bonds is 5. The molecule has 0 heterocycles. The van der Waals surface area contributed by atoms with Gasteiger partial charge >= 0.3 is 5.97 Å². The van der Waals surface area contributed by atoms with Crippen molar-refractivity contribution in [3.8, 4) is 5.75 Å². The van der Waals surface area contributed by atoms with Crippen molar-refractivity contribution in [3.05, 3.63) is 24.3 Å². The molecule has 1 atom stereocenters. The first-order valence-electron chi connectivity index (χ1n) is 6.52. The molecule has 1 aromatic carbocycles. The van der Waals surface area contributed by atoms with Gasteiger partial charge < -0.3 is 15.2 Å². The van der Waals surface area contributed by atoms with Gasteiger partial charge in [-0.05, 0) is 24.5 Å². The van der Waals surface area contributed by atoms with E-state index in [0.717, 1.165) is 0 Å². The summed E-state index contributed by atoms with van der Waals surface area (Å²) in [6, 6.07) is 6.88. The Bertz CT molecular complexity index is 491. The molecule has 0 fully saturated rings. The third kappa shape index (κ3) is 4.26. The van der Waals surface area contributed by atoms with Crippen LogP contribution in [0.2, 0.25) is 0 Å². The fraction of sp³-hybridized carbons (Fsp3) is 0.467. The van der Waals surface area contributed by atoms with Crippen molar-refractivity contribution in [2.75, 3.05) is 11.9 Å². The van der Waals surface area contributed by atoms with Crippen LogP contribution in [0.5, 0.6) is 5.75 Å². The summed E-state index contributed by atoms with van der Waals surface area (Å²) < 4.78 is 5.34. The second kappa shape index (κ2) is 6.41.